The van der Waals surface area contributed by atoms with Gasteiger partial charge in [0.15, 0.2) is 0 Å². The van der Waals surface area contributed by atoms with E-state index in [4.69, 9.17) is 4.74 Å². The molecule has 3 aromatic carbocycles. The van der Waals surface area contributed by atoms with Crippen molar-refractivity contribution in [2.45, 2.75) is 32.4 Å². The van der Waals surface area contributed by atoms with Crippen molar-refractivity contribution in [2.24, 2.45) is 0 Å². The van der Waals surface area contributed by atoms with E-state index in [9.17, 15) is 18.3 Å². The minimum absolute atomic E-state index is 0.0662. The first-order valence-electron chi connectivity index (χ1n) is 9.18. The van der Waals surface area contributed by atoms with Gasteiger partial charge in [-0.15, -0.1) is 0 Å². The number of benzene rings is 3. The van der Waals surface area contributed by atoms with Crippen molar-refractivity contribution in [3.05, 3.63) is 72.1 Å². The molecule has 0 saturated carbocycles. The lowest BCUT2D eigenvalue weighted by Crippen LogP contribution is -2.15. The Kier molecular flexibility index (Phi) is 4.92. The van der Waals surface area contributed by atoms with Gasteiger partial charge in [-0.25, -0.2) is 4.98 Å². The molecule has 0 amide bonds. The number of aromatic nitrogens is 2. The van der Waals surface area contributed by atoms with Gasteiger partial charge in [0.25, 0.3) is 0 Å². The van der Waals surface area contributed by atoms with Gasteiger partial charge in [0.1, 0.15) is 18.2 Å². The number of imidazole rings is 1. The molecule has 0 bridgehead atoms. The third kappa shape index (κ3) is 3.91. The number of nitrogens with zero attached hydrogens (tertiary/aromatic N) is 2. The van der Waals surface area contributed by atoms with Gasteiger partial charge in [-0.3, -0.25) is 0 Å². The van der Waals surface area contributed by atoms with Crippen molar-refractivity contribution >= 4 is 21.8 Å². The molecular weight excluding hydrogens is 381 g/mol. The summed E-state index contributed by atoms with van der Waals surface area (Å²) in [5, 5.41) is 11.8. The zero-order valence-electron chi connectivity index (χ0n) is 15.6. The number of hydrogen-bond acceptors (Lipinski definition) is 3. The highest BCUT2D eigenvalue weighted by atomic mass is 19.4. The number of rotatable bonds is 5. The Labute approximate surface area is 165 Å². The van der Waals surface area contributed by atoms with Crippen molar-refractivity contribution in [1.82, 2.24) is 9.55 Å². The number of alkyl halides is 3. The number of ether oxygens (including phenoxy) is 1. The van der Waals surface area contributed by atoms with Crippen molar-refractivity contribution in [2.75, 3.05) is 0 Å². The van der Waals surface area contributed by atoms with Crippen molar-refractivity contribution in [3.8, 4) is 5.75 Å². The topological polar surface area (TPSA) is 47.3 Å². The molecular formula is C22H19F3N2O2. The molecule has 1 aromatic heterocycles. The van der Waals surface area contributed by atoms with Crippen LogP contribution in [0.1, 0.15) is 18.3 Å². The highest BCUT2D eigenvalue weighted by molar-refractivity contribution is 5.88. The highest BCUT2D eigenvalue weighted by Crippen LogP contribution is 2.32. The molecule has 0 fully saturated rings. The molecule has 1 unspecified atom stereocenters. The predicted molar refractivity (Wildman–Crippen MR) is 105 cm³/mol. The maximum absolute atomic E-state index is 13.1. The second kappa shape index (κ2) is 7.40. The molecule has 29 heavy (non-hydrogen) atoms. The van der Waals surface area contributed by atoms with Crippen LogP contribution in [0, 0.1) is 0 Å². The largest absolute Gasteiger partial charge is 0.485 e. The molecule has 150 valence electrons. The van der Waals surface area contributed by atoms with Crippen molar-refractivity contribution in [3.63, 3.8) is 0 Å². The Balaban J connectivity index is 1.71. The average Bonchev–Trinajstić information content (AvgIpc) is 3.02. The second-order valence-electron chi connectivity index (χ2n) is 6.95. The van der Waals surface area contributed by atoms with E-state index in [0.29, 0.717) is 17.1 Å². The third-order valence-electron chi connectivity index (χ3n) is 4.71. The lowest BCUT2D eigenvalue weighted by molar-refractivity contribution is -0.137. The molecule has 1 N–H and O–H groups in total. The van der Waals surface area contributed by atoms with Gasteiger partial charge in [-0.05, 0) is 36.6 Å². The van der Waals surface area contributed by atoms with E-state index in [1.807, 2.05) is 42.5 Å². The van der Waals surface area contributed by atoms with Gasteiger partial charge >= 0.3 is 6.18 Å². The van der Waals surface area contributed by atoms with Crippen LogP contribution in [0.5, 0.6) is 5.75 Å². The molecule has 7 heteroatoms. The number of hydrogen-bond donors (Lipinski definition) is 1. The third-order valence-corrected chi connectivity index (χ3v) is 4.71. The summed E-state index contributed by atoms with van der Waals surface area (Å²) in [5.41, 5.74) is -0.0133. The zero-order valence-corrected chi connectivity index (χ0v) is 15.6. The molecule has 0 spiro atoms. The minimum Gasteiger partial charge on any atom is -0.485 e. The normalized spacial score (nSPS) is 13.1. The molecule has 1 heterocycles. The van der Waals surface area contributed by atoms with E-state index in [2.05, 4.69) is 4.98 Å². The number of aliphatic hydroxyl groups is 1. The summed E-state index contributed by atoms with van der Waals surface area (Å²) in [4.78, 5) is 4.36. The summed E-state index contributed by atoms with van der Waals surface area (Å²) in [7, 11) is 0. The summed E-state index contributed by atoms with van der Waals surface area (Å²) in [6.07, 6.45) is -5.13. The van der Waals surface area contributed by atoms with Crippen LogP contribution in [0.4, 0.5) is 13.2 Å². The number of aliphatic hydroxyl groups excluding tert-OH is 1. The van der Waals surface area contributed by atoms with E-state index in [-0.39, 0.29) is 18.7 Å². The van der Waals surface area contributed by atoms with E-state index in [1.54, 1.807) is 11.5 Å². The van der Waals surface area contributed by atoms with Gasteiger partial charge in [0, 0.05) is 5.39 Å². The molecule has 0 aliphatic carbocycles. The Morgan fingerprint density at radius 1 is 1.07 bits per heavy atom. The predicted octanol–water partition coefficient (Wildman–Crippen LogP) is 5.17. The van der Waals surface area contributed by atoms with Gasteiger partial charge in [-0.1, -0.05) is 36.4 Å². The molecule has 4 nitrogen and oxygen atoms in total. The lowest BCUT2D eigenvalue weighted by atomic mass is 10.1. The van der Waals surface area contributed by atoms with E-state index >= 15 is 0 Å². The van der Waals surface area contributed by atoms with Crippen molar-refractivity contribution in [1.29, 1.82) is 0 Å². The van der Waals surface area contributed by atoms with Crippen LogP contribution in [-0.2, 0) is 19.3 Å². The molecule has 4 rings (SSSR count). The summed E-state index contributed by atoms with van der Waals surface area (Å²) in [6, 6.07) is 16.9. The van der Waals surface area contributed by atoms with E-state index < -0.39 is 17.8 Å². The van der Waals surface area contributed by atoms with Gasteiger partial charge in [0.05, 0.1) is 29.2 Å². The Morgan fingerprint density at radius 2 is 1.83 bits per heavy atom. The first-order valence-corrected chi connectivity index (χ1v) is 9.18. The Bertz CT molecular complexity index is 1160. The van der Waals surface area contributed by atoms with Crippen LogP contribution in [0.3, 0.4) is 0 Å². The second-order valence-corrected chi connectivity index (χ2v) is 6.95. The van der Waals surface area contributed by atoms with Crippen LogP contribution in [0.2, 0.25) is 0 Å². The Morgan fingerprint density at radius 3 is 2.59 bits per heavy atom. The quantitative estimate of drug-likeness (QED) is 0.503. The van der Waals surface area contributed by atoms with Crippen LogP contribution in [-0.4, -0.2) is 20.8 Å². The van der Waals surface area contributed by atoms with Gasteiger partial charge in [0.2, 0.25) is 0 Å². The lowest BCUT2D eigenvalue weighted by Gasteiger charge is -2.13. The van der Waals surface area contributed by atoms with E-state index in [1.165, 1.54) is 6.07 Å². The summed E-state index contributed by atoms with van der Waals surface area (Å²) >= 11 is 0. The van der Waals surface area contributed by atoms with Crippen LogP contribution in [0.25, 0.3) is 21.8 Å². The first-order chi connectivity index (χ1) is 13.8. The molecule has 0 aliphatic heterocycles. The van der Waals surface area contributed by atoms with Crippen LogP contribution >= 0.6 is 0 Å². The molecule has 4 aromatic rings. The summed E-state index contributed by atoms with van der Waals surface area (Å²) < 4.78 is 46.8. The fraction of sp³-hybridized carbons (Fsp3) is 0.227. The molecule has 1 atom stereocenters. The Hall–Kier alpha value is -3.06. The summed E-state index contributed by atoms with van der Waals surface area (Å²) in [6.45, 7) is 1.89. The number of fused-ring (bicyclic) bond motifs is 2. The highest BCUT2D eigenvalue weighted by Gasteiger charge is 2.31. The van der Waals surface area contributed by atoms with Gasteiger partial charge < -0.3 is 14.4 Å². The van der Waals surface area contributed by atoms with E-state index in [0.717, 1.165) is 22.9 Å². The molecule has 0 aliphatic rings. The number of halogens is 3. The van der Waals surface area contributed by atoms with Crippen molar-refractivity contribution < 1.29 is 23.0 Å². The molecule has 0 radical (unpaired) electrons. The zero-order chi connectivity index (χ0) is 20.6. The van der Waals surface area contributed by atoms with Gasteiger partial charge in [-0.2, -0.15) is 13.2 Å². The fourth-order valence-corrected chi connectivity index (χ4v) is 3.40. The monoisotopic (exact) mass is 400 g/mol. The summed E-state index contributed by atoms with van der Waals surface area (Å²) in [5.74, 6) is 1.11. The SMILES string of the molecule is CC(O)Cn1c(COc2cccc3ccccc23)nc2cc(C(F)(F)F)ccc21. The fourth-order valence-electron chi connectivity index (χ4n) is 3.40. The first kappa shape index (κ1) is 19.3. The maximum atomic E-state index is 13.1. The maximum Gasteiger partial charge on any atom is 0.416 e. The minimum atomic E-state index is -4.44. The van der Waals surface area contributed by atoms with Crippen LogP contribution in [0.15, 0.2) is 60.7 Å². The molecule has 0 saturated heterocycles. The van der Waals surface area contributed by atoms with Crippen LogP contribution < -0.4 is 4.74 Å². The average molecular weight is 400 g/mol. The standard InChI is InChI=1S/C22H19F3N2O2/c1-14(28)12-27-19-10-9-16(22(23,24)25)11-18(19)26-21(27)13-29-20-8-4-6-15-5-2-3-7-17(15)20/h2-11,14,28H,12-13H2,1H3. The smallest absolute Gasteiger partial charge is 0.416 e.